The number of methoxy groups -OCH3 is 1. The zero-order valence-corrected chi connectivity index (χ0v) is 21.8. The van der Waals surface area contributed by atoms with Crippen molar-refractivity contribution in [1.82, 2.24) is 30.4 Å². The first-order valence-corrected chi connectivity index (χ1v) is 13.2. The highest BCUT2D eigenvalue weighted by molar-refractivity contribution is 5.94. The molecule has 3 aliphatic rings. The summed E-state index contributed by atoms with van der Waals surface area (Å²) in [6.07, 6.45) is 8.90. The number of aromatic nitrogens is 4. The van der Waals surface area contributed by atoms with Gasteiger partial charge in [-0.15, -0.1) is 5.10 Å². The molecule has 0 radical (unpaired) electrons. The third-order valence-electron chi connectivity index (χ3n) is 7.62. The molecule has 1 N–H and O–H groups in total. The molecule has 38 heavy (non-hydrogen) atoms. The average molecular weight is 517 g/mol. The van der Waals surface area contributed by atoms with Gasteiger partial charge in [-0.2, -0.15) is 4.68 Å². The molecule has 0 saturated carbocycles. The van der Waals surface area contributed by atoms with Crippen molar-refractivity contribution < 1.29 is 19.0 Å². The van der Waals surface area contributed by atoms with Crippen molar-refractivity contribution in [3.05, 3.63) is 64.5 Å². The van der Waals surface area contributed by atoms with Gasteiger partial charge in [-0.3, -0.25) is 9.69 Å². The number of hydrogen-bond donors (Lipinski definition) is 1. The first-order valence-electron chi connectivity index (χ1n) is 13.2. The minimum atomic E-state index is -0.254. The highest BCUT2D eigenvalue weighted by atomic mass is 16.7. The van der Waals surface area contributed by atoms with Crippen LogP contribution in [-0.2, 0) is 6.42 Å². The van der Waals surface area contributed by atoms with Gasteiger partial charge in [0.05, 0.1) is 12.8 Å². The van der Waals surface area contributed by atoms with Crippen LogP contribution in [0.4, 0.5) is 0 Å². The van der Waals surface area contributed by atoms with Crippen LogP contribution in [0.15, 0.2) is 42.0 Å². The second-order valence-electron chi connectivity index (χ2n) is 9.96. The summed E-state index contributed by atoms with van der Waals surface area (Å²) in [6.45, 7) is 1.64. The molecule has 198 valence electrons. The van der Waals surface area contributed by atoms with Gasteiger partial charge in [0.25, 0.3) is 5.91 Å². The second kappa shape index (κ2) is 10.4. The lowest BCUT2D eigenvalue weighted by atomic mass is 9.90. The number of hydrogen-bond acceptors (Lipinski definition) is 8. The summed E-state index contributed by atoms with van der Waals surface area (Å²) in [6, 6.07) is 9.15. The second-order valence-corrected chi connectivity index (χ2v) is 9.96. The lowest BCUT2D eigenvalue weighted by Crippen LogP contribution is -2.35. The third kappa shape index (κ3) is 4.49. The minimum absolute atomic E-state index is 0.0772. The standard InChI is InChI=1S/C28H32N6O4/c1-33-15-13-20-16-22-25(38-17-37-22)26(36-2)23(20)24(33)27-30-31-32-34(27)21-10-8-19(9-11-21)28(35)29-14-12-18-6-4-3-5-7-18/h6,8-11,16,24H,3-5,7,12-15,17H2,1-2H3,(H,29,35)/t24-/m0/s1. The Morgan fingerprint density at radius 1 is 1.18 bits per heavy atom. The Morgan fingerprint density at radius 2 is 2.05 bits per heavy atom. The highest BCUT2D eigenvalue weighted by Crippen LogP contribution is 2.50. The molecule has 0 bridgehead atoms. The van der Waals surface area contributed by atoms with E-state index in [1.807, 2.05) is 37.4 Å². The van der Waals surface area contributed by atoms with E-state index in [-0.39, 0.29) is 18.7 Å². The molecule has 6 rings (SSSR count). The molecule has 1 aromatic heterocycles. The van der Waals surface area contributed by atoms with Gasteiger partial charge in [-0.1, -0.05) is 11.6 Å². The fourth-order valence-corrected chi connectivity index (χ4v) is 5.63. The minimum Gasteiger partial charge on any atom is -0.492 e. The molecule has 10 heteroatoms. The van der Waals surface area contributed by atoms with Crippen molar-refractivity contribution in [3.8, 4) is 22.9 Å². The molecule has 2 aliphatic heterocycles. The van der Waals surface area contributed by atoms with Crippen LogP contribution in [0.3, 0.4) is 0 Å². The molecule has 1 amide bonds. The van der Waals surface area contributed by atoms with E-state index in [4.69, 9.17) is 14.2 Å². The SMILES string of the molecule is COc1c2c(cc3c1[C@@H](c1nnnn1-c1ccc(C(=O)NCCC4=CCCCC4)cc1)N(C)CC3)OCO2. The van der Waals surface area contributed by atoms with E-state index in [2.05, 4.69) is 31.8 Å². The van der Waals surface area contributed by atoms with Gasteiger partial charge in [-0.25, -0.2) is 0 Å². The van der Waals surface area contributed by atoms with Crippen LogP contribution in [0.1, 0.15) is 65.5 Å². The molecule has 0 unspecified atom stereocenters. The van der Waals surface area contributed by atoms with Crippen molar-refractivity contribution in [2.75, 3.05) is 34.0 Å². The number of benzene rings is 2. The number of fused-ring (bicyclic) bond motifs is 2. The Balaban J connectivity index is 1.24. The van der Waals surface area contributed by atoms with Crippen molar-refractivity contribution >= 4 is 5.91 Å². The van der Waals surface area contributed by atoms with Crippen molar-refractivity contribution in [2.24, 2.45) is 0 Å². The number of carbonyl (C=O) groups excluding carboxylic acids is 1. The van der Waals surface area contributed by atoms with E-state index < -0.39 is 0 Å². The summed E-state index contributed by atoms with van der Waals surface area (Å²) in [5.41, 5.74) is 4.93. The maximum absolute atomic E-state index is 12.7. The van der Waals surface area contributed by atoms with Crippen molar-refractivity contribution in [2.45, 2.75) is 44.6 Å². The third-order valence-corrected chi connectivity index (χ3v) is 7.62. The molecule has 3 heterocycles. The lowest BCUT2D eigenvalue weighted by Gasteiger charge is -2.34. The van der Waals surface area contributed by atoms with E-state index in [0.717, 1.165) is 49.0 Å². The van der Waals surface area contributed by atoms with Crippen LogP contribution < -0.4 is 19.5 Å². The highest BCUT2D eigenvalue weighted by Gasteiger charge is 2.37. The van der Waals surface area contributed by atoms with Gasteiger partial charge in [0.1, 0.15) is 6.04 Å². The average Bonchev–Trinajstić information content (AvgIpc) is 3.62. The van der Waals surface area contributed by atoms with Crippen LogP contribution in [-0.4, -0.2) is 65.1 Å². The number of ether oxygens (including phenoxy) is 3. The predicted octanol–water partition coefficient (Wildman–Crippen LogP) is 3.60. The van der Waals surface area contributed by atoms with E-state index in [0.29, 0.717) is 35.2 Å². The van der Waals surface area contributed by atoms with Crippen LogP contribution in [0, 0.1) is 0 Å². The van der Waals surface area contributed by atoms with Crippen molar-refractivity contribution in [3.63, 3.8) is 0 Å². The molecule has 1 aliphatic carbocycles. The zero-order valence-electron chi connectivity index (χ0n) is 21.8. The molecule has 3 aromatic rings. The number of rotatable bonds is 7. The van der Waals surface area contributed by atoms with Gasteiger partial charge in [-0.05, 0) is 91.9 Å². The maximum Gasteiger partial charge on any atom is 0.251 e. The fourth-order valence-electron chi connectivity index (χ4n) is 5.63. The summed E-state index contributed by atoms with van der Waals surface area (Å²) in [4.78, 5) is 14.9. The fraction of sp³-hybridized carbons (Fsp3) is 0.429. The summed E-state index contributed by atoms with van der Waals surface area (Å²) in [5, 5.41) is 15.8. The number of amides is 1. The number of tetrazole rings is 1. The molecular weight excluding hydrogens is 484 g/mol. The van der Waals surface area contributed by atoms with Crippen LogP contribution in [0.5, 0.6) is 17.2 Å². The number of likely N-dealkylation sites (N-methyl/N-ethyl adjacent to an activating group) is 1. The molecule has 2 aromatic carbocycles. The topological polar surface area (TPSA) is 104 Å². The first kappa shape index (κ1) is 24.4. The number of allylic oxidation sites excluding steroid dienone is 1. The van der Waals surface area contributed by atoms with Crippen LogP contribution in [0.25, 0.3) is 5.69 Å². The van der Waals surface area contributed by atoms with Gasteiger partial charge in [0.15, 0.2) is 17.3 Å². The largest absolute Gasteiger partial charge is 0.492 e. The van der Waals surface area contributed by atoms with Crippen LogP contribution in [0.2, 0.25) is 0 Å². The maximum atomic E-state index is 12.7. The van der Waals surface area contributed by atoms with Gasteiger partial charge in [0, 0.05) is 24.2 Å². The smallest absolute Gasteiger partial charge is 0.251 e. The summed E-state index contributed by atoms with van der Waals surface area (Å²) >= 11 is 0. The van der Waals surface area contributed by atoms with Gasteiger partial charge >= 0.3 is 0 Å². The van der Waals surface area contributed by atoms with E-state index >= 15 is 0 Å². The summed E-state index contributed by atoms with van der Waals surface area (Å²) in [5.74, 6) is 2.54. The Morgan fingerprint density at radius 3 is 2.84 bits per heavy atom. The zero-order chi connectivity index (χ0) is 26.1. The first-order chi connectivity index (χ1) is 18.6. The normalized spacial score (nSPS) is 18.6. The Bertz CT molecular complexity index is 1370. The van der Waals surface area contributed by atoms with Gasteiger partial charge in [0.2, 0.25) is 12.5 Å². The Hall–Kier alpha value is -3.92. The molecular formula is C28H32N6O4. The Kier molecular flexibility index (Phi) is 6.71. The summed E-state index contributed by atoms with van der Waals surface area (Å²) < 4.78 is 18.9. The number of nitrogens with one attached hydrogen (secondary N) is 1. The number of carbonyl (C=O) groups is 1. The molecule has 0 fully saturated rings. The predicted molar refractivity (Wildman–Crippen MR) is 140 cm³/mol. The molecule has 0 spiro atoms. The van der Waals surface area contributed by atoms with Crippen LogP contribution >= 0.6 is 0 Å². The van der Waals surface area contributed by atoms with E-state index in [1.165, 1.54) is 18.4 Å². The molecule has 0 saturated heterocycles. The Labute approximate surface area is 221 Å². The van der Waals surface area contributed by atoms with Crippen molar-refractivity contribution in [1.29, 1.82) is 0 Å². The summed E-state index contributed by atoms with van der Waals surface area (Å²) in [7, 11) is 3.69. The molecule has 1 atom stereocenters. The molecule has 10 nitrogen and oxygen atoms in total. The lowest BCUT2D eigenvalue weighted by molar-refractivity contribution is 0.0954. The monoisotopic (exact) mass is 516 g/mol. The van der Waals surface area contributed by atoms with E-state index in [1.54, 1.807) is 11.8 Å². The number of nitrogens with zero attached hydrogens (tertiary/aromatic N) is 5. The van der Waals surface area contributed by atoms with Gasteiger partial charge < -0.3 is 19.5 Å². The quantitative estimate of drug-likeness (QED) is 0.475. The van der Waals surface area contributed by atoms with E-state index in [9.17, 15) is 4.79 Å².